The van der Waals surface area contributed by atoms with Crippen LogP contribution >= 0.6 is 22.7 Å². The summed E-state index contributed by atoms with van der Waals surface area (Å²) in [6.07, 6.45) is 1.05. The van der Waals surface area contributed by atoms with Crippen LogP contribution in [0.25, 0.3) is 0 Å². The first kappa shape index (κ1) is 18.2. The Labute approximate surface area is 153 Å². The lowest BCUT2D eigenvalue weighted by Gasteiger charge is -2.37. The van der Waals surface area contributed by atoms with Crippen LogP contribution in [-0.4, -0.2) is 54.2 Å². The van der Waals surface area contributed by atoms with E-state index in [1.54, 1.807) is 17.5 Å². The first-order chi connectivity index (χ1) is 12.0. The molecule has 0 spiro atoms. The summed E-state index contributed by atoms with van der Waals surface area (Å²) in [6, 6.07) is 3.45. The molecule has 0 saturated carbocycles. The van der Waals surface area contributed by atoms with Crippen molar-refractivity contribution in [3.8, 4) is 5.19 Å². The second-order valence-electron chi connectivity index (χ2n) is 5.87. The van der Waals surface area contributed by atoms with Crippen LogP contribution in [0, 0.1) is 5.21 Å². The van der Waals surface area contributed by atoms with E-state index in [-0.39, 0.29) is 11.8 Å². The Balaban J connectivity index is 1.74. The monoisotopic (exact) mass is 384 g/mol. The van der Waals surface area contributed by atoms with Crippen molar-refractivity contribution in [1.82, 2.24) is 19.7 Å². The van der Waals surface area contributed by atoms with Gasteiger partial charge in [-0.2, -0.15) is 0 Å². The van der Waals surface area contributed by atoms with Gasteiger partial charge in [0.25, 0.3) is 11.4 Å². The number of hydroxylamine groups is 2. The minimum absolute atomic E-state index is 0.145. The number of likely N-dealkylation sites (N-methyl/N-ethyl adjacent to an activating group) is 1. The molecule has 2 unspecified atom stereocenters. The summed E-state index contributed by atoms with van der Waals surface area (Å²) in [5, 5.41) is 23.7. The lowest BCUT2D eigenvalue weighted by atomic mass is 10.4. The highest BCUT2D eigenvalue weighted by atomic mass is 32.1. The van der Waals surface area contributed by atoms with Gasteiger partial charge in [0.1, 0.15) is 11.5 Å². The van der Waals surface area contributed by atoms with Crippen molar-refractivity contribution in [2.45, 2.75) is 26.0 Å². The third kappa shape index (κ3) is 3.98. The number of nitrogens with zero attached hydrogens (tertiary/aromatic N) is 4. The van der Waals surface area contributed by atoms with Crippen molar-refractivity contribution in [2.24, 2.45) is 0 Å². The fourth-order valence-electron chi connectivity index (χ4n) is 2.51. The third-order valence-electron chi connectivity index (χ3n) is 3.79. The molecule has 2 atom stereocenters. The average Bonchev–Trinajstić information content (AvgIpc) is 3.30. The molecule has 0 aromatic carbocycles. The van der Waals surface area contributed by atoms with Crippen LogP contribution in [0.1, 0.15) is 29.4 Å². The number of thiophene rings is 1. The van der Waals surface area contributed by atoms with Gasteiger partial charge in [0.15, 0.2) is 0 Å². The topological polar surface area (TPSA) is 87.6 Å². The van der Waals surface area contributed by atoms with E-state index in [2.05, 4.69) is 17.1 Å². The molecule has 10 heteroatoms. The normalized spacial score (nSPS) is 23.7. The third-order valence-corrected chi connectivity index (χ3v) is 5.59. The highest BCUT2D eigenvalue weighted by Crippen LogP contribution is 2.36. The minimum atomic E-state index is -0.879. The Morgan fingerprint density at radius 3 is 3.08 bits per heavy atom. The molecule has 1 fully saturated rings. The van der Waals surface area contributed by atoms with Crippen LogP contribution in [-0.2, 0) is 4.74 Å². The van der Waals surface area contributed by atoms with Crippen LogP contribution in [0.2, 0.25) is 0 Å². The van der Waals surface area contributed by atoms with Crippen molar-refractivity contribution in [1.29, 1.82) is 0 Å². The summed E-state index contributed by atoms with van der Waals surface area (Å²) in [6.45, 7) is 3.10. The second-order valence-corrected chi connectivity index (χ2v) is 7.73. The lowest BCUT2D eigenvalue weighted by Crippen LogP contribution is -2.50. The zero-order chi connectivity index (χ0) is 17.9. The second kappa shape index (κ2) is 7.75. The molecule has 1 aliphatic rings. The van der Waals surface area contributed by atoms with Crippen LogP contribution in [0.15, 0.2) is 17.5 Å². The fourth-order valence-corrected chi connectivity index (χ4v) is 3.90. The lowest BCUT2D eigenvalue weighted by molar-refractivity contribution is 0.00612. The first-order valence-corrected chi connectivity index (χ1v) is 9.71. The molecule has 0 aliphatic carbocycles. The maximum atomic E-state index is 13.4. The number of aromatic nitrogens is 2. The largest absolute Gasteiger partial charge is 0.622 e. The van der Waals surface area contributed by atoms with Gasteiger partial charge >= 0.3 is 11.1 Å². The number of unbranched alkanes of at least 4 members (excludes halogenated alkanes) is 1. The molecule has 3 rings (SSSR count). The molecule has 0 N–H and O–H groups in total. The van der Waals surface area contributed by atoms with Gasteiger partial charge in [-0.3, -0.25) is 4.65 Å². The number of rotatable bonds is 7. The summed E-state index contributed by atoms with van der Waals surface area (Å²) >= 11 is 2.39. The molecule has 0 radical (unpaired) electrons. The molecule has 1 aliphatic heterocycles. The summed E-state index contributed by atoms with van der Waals surface area (Å²) < 4.78 is 10.1. The van der Waals surface area contributed by atoms with E-state index in [4.69, 9.17) is 9.47 Å². The molecule has 3 heterocycles. The Morgan fingerprint density at radius 2 is 2.36 bits per heavy atom. The zero-order valence-electron chi connectivity index (χ0n) is 14.1. The van der Waals surface area contributed by atoms with Gasteiger partial charge < -0.3 is 14.7 Å². The number of esters is 1. The van der Waals surface area contributed by atoms with Gasteiger partial charge in [0.2, 0.25) is 0 Å². The molecule has 136 valence electrons. The van der Waals surface area contributed by atoms with Crippen LogP contribution in [0.4, 0.5) is 5.13 Å². The standard InChI is InChI=1S/C15H20N4O4S2/c1-3-4-7-22-15-17-16-14(25-15)19(21)10-18(2)9-12(19)23-13(20)11-6-5-8-24-11/h5-6,8,12H,3-4,7,9-10H2,1-2H3. The van der Waals surface area contributed by atoms with Crippen molar-refractivity contribution in [3.63, 3.8) is 0 Å². The SMILES string of the molecule is CCCCOc1nnc([N+]2([O-])CN(C)CC2OC(=O)c2cccs2)s1. The molecule has 0 bridgehead atoms. The highest BCUT2D eigenvalue weighted by molar-refractivity contribution is 7.16. The Bertz CT molecular complexity index is 708. The molecule has 0 amide bonds. The Morgan fingerprint density at radius 1 is 1.52 bits per heavy atom. The predicted molar refractivity (Wildman–Crippen MR) is 96.5 cm³/mol. The number of quaternary nitrogens is 1. The zero-order valence-corrected chi connectivity index (χ0v) is 15.7. The van der Waals surface area contributed by atoms with Gasteiger partial charge in [0.05, 0.1) is 13.2 Å². The van der Waals surface area contributed by atoms with Crippen LogP contribution in [0.5, 0.6) is 5.19 Å². The summed E-state index contributed by atoms with van der Waals surface area (Å²) in [5.41, 5.74) is 0. The Hall–Kier alpha value is -1.59. The number of hydrogen-bond acceptors (Lipinski definition) is 9. The number of carbonyl (C=O) groups is 1. The van der Waals surface area contributed by atoms with E-state index in [0.717, 1.165) is 24.2 Å². The number of hydrogen-bond donors (Lipinski definition) is 0. The average molecular weight is 384 g/mol. The fraction of sp³-hybridized carbons (Fsp3) is 0.533. The Kier molecular flexibility index (Phi) is 5.64. The van der Waals surface area contributed by atoms with E-state index >= 15 is 0 Å². The van der Waals surface area contributed by atoms with E-state index in [1.807, 2.05) is 11.9 Å². The van der Waals surface area contributed by atoms with E-state index < -0.39 is 16.8 Å². The molecular formula is C15H20N4O4S2. The number of ether oxygens (including phenoxy) is 2. The van der Waals surface area contributed by atoms with Crippen LogP contribution < -0.4 is 9.38 Å². The van der Waals surface area contributed by atoms with Crippen LogP contribution in [0.3, 0.4) is 0 Å². The minimum Gasteiger partial charge on any atom is -0.622 e. The summed E-state index contributed by atoms with van der Waals surface area (Å²) in [7, 11) is 1.81. The van der Waals surface area contributed by atoms with E-state index in [1.165, 1.54) is 11.3 Å². The molecule has 2 aromatic rings. The van der Waals surface area contributed by atoms with Gasteiger partial charge in [-0.1, -0.05) is 29.6 Å². The van der Waals surface area contributed by atoms with Crippen molar-refractivity contribution >= 4 is 33.8 Å². The first-order valence-electron chi connectivity index (χ1n) is 8.01. The van der Waals surface area contributed by atoms with Gasteiger partial charge in [-0.25, -0.2) is 9.69 Å². The quantitative estimate of drug-likeness (QED) is 0.314. The van der Waals surface area contributed by atoms with Gasteiger partial charge in [0, 0.05) is 11.3 Å². The smallest absolute Gasteiger partial charge is 0.352 e. The van der Waals surface area contributed by atoms with Crippen molar-refractivity contribution in [3.05, 3.63) is 27.6 Å². The maximum Gasteiger partial charge on any atom is 0.352 e. The van der Waals surface area contributed by atoms with E-state index in [0.29, 0.717) is 23.2 Å². The maximum absolute atomic E-state index is 13.4. The van der Waals surface area contributed by atoms with Gasteiger partial charge in [-0.15, -0.1) is 11.3 Å². The molecular weight excluding hydrogens is 364 g/mol. The molecule has 2 aromatic heterocycles. The van der Waals surface area contributed by atoms with E-state index in [9.17, 15) is 10.0 Å². The number of carbonyl (C=O) groups excluding carboxylic acids is 1. The molecule has 8 nitrogen and oxygen atoms in total. The molecule has 1 saturated heterocycles. The molecule has 25 heavy (non-hydrogen) atoms. The summed E-state index contributed by atoms with van der Waals surface area (Å²) in [5.74, 6) is -0.488. The highest BCUT2D eigenvalue weighted by Gasteiger charge is 2.45. The van der Waals surface area contributed by atoms with Crippen molar-refractivity contribution in [2.75, 3.05) is 26.9 Å². The van der Waals surface area contributed by atoms with Crippen molar-refractivity contribution < 1.29 is 14.3 Å². The summed E-state index contributed by atoms with van der Waals surface area (Å²) in [4.78, 5) is 14.5. The van der Waals surface area contributed by atoms with Gasteiger partial charge in [-0.05, 0) is 24.9 Å². The predicted octanol–water partition coefficient (Wildman–Crippen LogP) is 2.67.